The van der Waals surface area contributed by atoms with E-state index in [0.717, 1.165) is 10.5 Å². The van der Waals surface area contributed by atoms with E-state index in [1.807, 2.05) is 18.2 Å². The number of likely N-dealkylation sites (tertiary alicyclic amines) is 1. The molecule has 2 aromatic rings. The number of halogens is 2. The fraction of sp³-hybridized carbons (Fsp3) is 0.280. The second-order valence-electron chi connectivity index (χ2n) is 8.19. The standard InChI is InChI=1S/C25H22Cl2N2O5/c26-16-10-11-20(19(27)13-16)28-22(30)14-34-25(33)21(12-15-6-2-1-3-7-15)29-23(31)17-8-4-5-9-18(17)24(29)32/h1-7,10-11,13,17-18,21H,8-9,12,14H2,(H,28,30)/t17-,18+,21-/m1/s1. The summed E-state index contributed by atoms with van der Waals surface area (Å²) in [5.41, 5.74) is 1.07. The number of amides is 3. The maximum Gasteiger partial charge on any atom is 0.330 e. The maximum absolute atomic E-state index is 13.1. The summed E-state index contributed by atoms with van der Waals surface area (Å²) in [6, 6.07) is 12.4. The van der Waals surface area contributed by atoms with E-state index in [4.69, 9.17) is 27.9 Å². The van der Waals surface area contributed by atoms with Crippen molar-refractivity contribution in [3.8, 4) is 0 Å². The van der Waals surface area contributed by atoms with Crippen molar-refractivity contribution < 1.29 is 23.9 Å². The third-order valence-corrected chi connectivity index (χ3v) is 6.50. The van der Waals surface area contributed by atoms with E-state index in [-0.39, 0.29) is 23.3 Å². The van der Waals surface area contributed by atoms with E-state index in [1.54, 1.807) is 30.3 Å². The van der Waals surface area contributed by atoms with Crippen LogP contribution in [0.25, 0.3) is 0 Å². The summed E-state index contributed by atoms with van der Waals surface area (Å²) in [4.78, 5) is 52.7. The topological polar surface area (TPSA) is 92.8 Å². The van der Waals surface area contributed by atoms with Crippen LogP contribution in [0.2, 0.25) is 10.0 Å². The Morgan fingerprint density at radius 3 is 2.26 bits per heavy atom. The third-order valence-electron chi connectivity index (χ3n) is 5.95. The maximum atomic E-state index is 13.1. The number of benzene rings is 2. The van der Waals surface area contributed by atoms with Crippen LogP contribution >= 0.6 is 23.2 Å². The first-order valence-electron chi connectivity index (χ1n) is 10.8. The fourth-order valence-electron chi connectivity index (χ4n) is 4.26. The number of hydrogen-bond donors (Lipinski definition) is 1. The molecule has 1 aliphatic carbocycles. The fourth-order valence-corrected chi connectivity index (χ4v) is 4.72. The molecule has 0 bridgehead atoms. The van der Waals surface area contributed by atoms with Crippen LogP contribution in [0, 0.1) is 11.8 Å². The molecule has 0 radical (unpaired) electrons. The molecule has 3 amide bonds. The first kappa shape index (κ1) is 24.0. The molecule has 9 heteroatoms. The first-order chi connectivity index (χ1) is 16.3. The zero-order valence-corrected chi connectivity index (χ0v) is 19.6. The van der Waals surface area contributed by atoms with Gasteiger partial charge in [0.1, 0.15) is 6.04 Å². The lowest BCUT2D eigenvalue weighted by atomic mass is 9.85. The lowest BCUT2D eigenvalue weighted by Gasteiger charge is -2.25. The number of hydrogen-bond acceptors (Lipinski definition) is 5. The quantitative estimate of drug-likeness (QED) is 0.351. The largest absolute Gasteiger partial charge is 0.454 e. The molecule has 176 valence electrons. The minimum absolute atomic E-state index is 0.0919. The van der Waals surface area contributed by atoms with Gasteiger partial charge in [0.25, 0.3) is 5.91 Å². The highest BCUT2D eigenvalue weighted by Crippen LogP contribution is 2.36. The molecule has 0 aromatic heterocycles. The molecule has 1 N–H and O–H groups in total. The Kier molecular flexibility index (Phi) is 7.34. The van der Waals surface area contributed by atoms with Crippen LogP contribution in [-0.4, -0.2) is 41.2 Å². The Balaban J connectivity index is 1.48. The first-order valence-corrected chi connectivity index (χ1v) is 11.6. The molecule has 0 unspecified atom stereocenters. The van der Waals surface area contributed by atoms with Crippen LogP contribution in [0.5, 0.6) is 0 Å². The summed E-state index contributed by atoms with van der Waals surface area (Å²) in [6.07, 6.45) is 4.78. The Hall–Kier alpha value is -3.16. The molecule has 1 heterocycles. The molecule has 4 rings (SSSR count). The number of rotatable bonds is 7. The normalized spacial score (nSPS) is 20.1. The number of imide groups is 1. The zero-order valence-electron chi connectivity index (χ0n) is 18.1. The van der Waals surface area contributed by atoms with Crippen molar-refractivity contribution in [1.29, 1.82) is 0 Å². The van der Waals surface area contributed by atoms with Gasteiger partial charge in [0.15, 0.2) is 6.61 Å². The highest BCUT2D eigenvalue weighted by Gasteiger charge is 2.51. The number of anilines is 1. The summed E-state index contributed by atoms with van der Waals surface area (Å²) < 4.78 is 5.25. The van der Waals surface area contributed by atoms with E-state index in [9.17, 15) is 19.2 Å². The highest BCUT2D eigenvalue weighted by atomic mass is 35.5. The van der Waals surface area contributed by atoms with Crippen molar-refractivity contribution in [3.05, 3.63) is 76.3 Å². The van der Waals surface area contributed by atoms with Gasteiger partial charge in [0.2, 0.25) is 11.8 Å². The van der Waals surface area contributed by atoms with E-state index in [0.29, 0.717) is 23.6 Å². The predicted octanol–water partition coefficient (Wildman–Crippen LogP) is 4.04. The Morgan fingerprint density at radius 1 is 1.00 bits per heavy atom. The highest BCUT2D eigenvalue weighted by molar-refractivity contribution is 6.36. The average molecular weight is 501 g/mol. The molecule has 2 aliphatic rings. The van der Waals surface area contributed by atoms with Gasteiger partial charge >= 0.3 is 5.97 Å². The molecular weight excluding hydrogens is 479 g/mol. The van der Waals surface area contributed by atoms with Crippen molar-refractivity contribution >= 4 is 52.6 Å². The van der Waals surface area contributed by atoms with Gasteiger partial charge in [-0.25, -0.2) is 4.79 Å². The number of carbonyl (C=O) groups excluding carboxylic acids is 4. The van der Waals surface area contributed by atoms with Gasteiger partial charge in [-0.3, -0.25) is 19.3 Å². The van der Waals surface area contributed by atoms with Crippen molar-refractivity contribution in [3.63, 3.8) is 0 Å². The number of ether oxygens (including phenoxy) is 1. The van der Waals surface area contributed by atoms with Gasteiger partial charge in [-0.2, -0.15) is 0 Å². The van der Waals surface area contributed by atoms with Gasteiger partial charge < -0.3 is 10.1 Å². The predicted molar refractivity (Wildman–Crippen MR) is 127 cm³/mol. The zero-order chi connectivity index (χ0) is 24.2. The summed E-state index contributed by atoms with van der Waals surface area (Å²) >= 11 is 11.9. The molecule has 34 heavy (non-hydrogen) atoms. The number of esters is 1. The summed E-state index contributed by atoms with van der Waals surface area (Å²) in [5.74, 6) is -3.15. The minimum atomic E-state index is -1.17. The van der Waals surface area contributed by atoms with Gasteiger partial charge in [-0.05, 0) is 36.6 Å². The second-order valence-corrected chi connectivity index (χ2v) is 9.03. The van der Waals surface area contributed by atoms with Gasteiger partial charge in [-0.15, -0.1) is 0 Å². The molecule has 1 aliphatic heterocycles. The number of nitrogens with one attached hydrogen (secondary N) is 1. The van der Waals surface area contributed by atoms with Crippen LogP contribution in [-0.2, 0) is 30.3 Å². The number of carbonyl (C=O) groups is 4. The molecule has 1 fully saturated rings. The van der Waals surface area contributed by atoms with Crippen molar-refractivity contribution in [2.24, 2.45) is 11.8 Å². The van der Waals surface area contributed by atoms with E-state index >= 15 is 0 Å². The Bertz CT molecular complexity index is 1130. The molecule has 2 aromatic carbocycles. The van der Waals surface area contributed by atoms with Gasteiger partial charge in [0, 0.05) is 11.4 Å². The third kappa shape index (κ3) is 5.16. The number of allylic oxidation sites excluding steroid dienone is 2. The number of nitrogens with zero attached hydrogens (tertiary/aromatic N) is 1. The second kappa shape index (κ2) is 10.4. The SMILES string of the molecule is O=C(COC(=O)[C@@H](Cc1ccccc1)N1C(=O)[C@H]2CC=CC[C@H]2C1=O)Nc1ccc(Cl)cc1Cl. The Morgan fingerprint density at radius 2 is 1.65 bits per heavy atom. The molecule has 0 saturated carbocycles. The van der Waals surface area contributed by atoms with Crippen LogP contribution in [0.1, 0.15) is 18.4 Å². The number of fused-ring (bicyclic) bond motifs is 1. The van der Waals surface area contributed by atoms with Crippen LogP contribution in [0.4, 0.5) is 5.69 Å². The van der Waals surface area contributed by atoms with E-state index in [1.165, 1.54) is 12.1 Å². The van der Waals surface area contributed by atoms with E-state index < -0.39 is 36.4 Å². The lowest BCUT2D eigenvalue weighted by molar-refractivity contribution is -0.159. The van der Waals surface area contributed by atoms with Crippen LogP contribution in [0.3, 0.4) is 0 Å². The minimum Gasteiger partial charge on any atom is -0.454 e. The van der Waals surface area contributed by atoms with Crippen molar-refractivity contribution in [2.75, 3.05) is 11.9 Å². The molecule has 0 spiro atoms. The van der Waals surface area contributed by atoms with Crippen LogP contribution in [0.15, 0.2) is 60.7 Å². The average Bonchev–Trinajstić information content (AvgIpc) is 3.08. The van der Waals surface area contributed by atoms with Crippen LogP contribution < -0.4 is 5.32 Å². The van der Waals surface area contributed by atoms with Gasteiger partial charge in [0.05, 0.1) is 22.5 Å². The molecule has 3 atom stereocenters. The molecular formula is C25H22Cl2N2O5. The Labute approximate surface area is 206 Å². The lowest BCUT2D eigenvalue weighted by Crippen LogP contribution is -2.48. The monoisotopic (exact) mass is 500 g/mol. The summed E-state index contributed by atoms with van der Waals surface area (Å²) in [7, 11) is 0. The molecule has 1 saturated heterocycles. The molecule has 7 nitrogen and oxygen atoms in total. The van der Waals surface area contributed by atoms with Crippen molar-refractivity contribution in [2.45, 2.75) is 25.3 Å². The summed E-state index contributed by atoms with van der Waals surface area (Å²) in [6.45, 7) is -0.603. The van der Waals surface area contributed by atoms with E-state index in [2.05, 4.69) is 5.32 Å². The smallest absolute Gasteiger partial charge is 0.330 e. The van der Waals surface area contributed by atoms with Crippen molar-refractivity contribution in [1.82, 2.24) is 4.90 Å². The summed E-state index contributed by atoms with van der Waals surface area (Å²) in [5, 5.41) is 3.19. The van der Waals surface area contributed by atoms with Gasteiger partial charge in [-0.1, -0.05) is 65.7 Å².